The van der Waals surface area contributed by atoms with E-state index in [0.717, 1.165) is 43.6 Å². The third-order valence-electron chi connectivity index (χ3n) is 8.23. The zero-order chi connectivity index (χ0) is 26.1. The normalized spacial score (nSPS) is 19.7. The van der Waals surface area contributed by atoms with Crippen LogP contribution in [0.1, 0.15) is 46.8 Å². The van der Waals surface area contributed by atoms with E-state index in [-0.39, 0.29) is 17.0 Å². The first-order valence-electron chi connectivity index (χ1n) is 12.2. The van der Waals surface area contributed by atoms with Crippen molar-refractivity contribution in [2.75, 3.05) is 25.1 Å². The molecule has 0 bridgehead atoms. The average molecular weight is 559 g/mol. The van der Waals surface area contributed by atoms with Gasteiger partial charge in [0.15, 0.2) is 0 Å². The molecular formula is C27H26Cl3N5O2. The van der Waals surface area contributed by atoms with Gasteiger partial charge in [0.25, 0.3) is 5.56 Å². The van der Waals surface area contributed by atoms with Crippen molar-refractivity contribution >= 4 is 46.3 Å². The maximum atomic E-state index is 13.6. The van der Waals surface area contributed by atoms with Crippen LogP contribution in [0.15, 0.2) is 35.4 Å². The summed E-state index contributed by atoms with van der Waals surface area (Å²) in [5.41, 5.74) is 11.6. The van der Waals surface area contributed by atoms with E-state index in [1.807, 2.05) is 18.2 Å². The number of fused-ring (bicyclic) bond motifs is 2. The number of piperidine rings is 1. The largest absolute Gasteiger partial charge is 0.495 e. The lowest BCUT2D eigenvalue weighted by atomic mass is 9.73. The van der Waals surface area contributed by atoms with Crippen molar-refractivity contribution in [3.05, 3.63) is 84.0 Å². The number of hydrogen-bond donors (Lipinski definition) is 1. The summed E-state index contributed by atoms with van der Waals surface area (Å²) in [6.45, 7) is 1.52. The van der Waals surface area contributed by atoms with E-state index in [1.54, 1.807) is 18.7 Å². The first kappa shape index (κ1) is 24.7. The molecule has 1 saturated heterocycles. The Morgan fingerprint density at radius 2 is 1.78 bits per heavy atom. The van der Waals surface area contributed by atoms with E-state index in [2.05, 4.69) is 9.88 Å². The van der Waals surface area contributed by atoms with Crippen LogP contribution < -0.4 is 20.9 Å². The van der Waals surface area contributed by atoms with Crippen molar-refractivity contribution < 1.29 is 4.74 Å². The summed E-state index contributed by atoms with van der Waals surface area (Å²) in [6, 6.07) is 3.89. The highest BCUT2D eigenvalue weighted by Gasteiger charge is 2.47. The second-order valence-electron chi connectivity index (χ2n) is 10.1. The summed E-state index contributed by atoms with van der Waals surface area (Å²) in [5.74, 6) is 1.36. The van der Waals surface area contributed by atoms with Crippen LogP contribution >= 0.6 is 34.8 Å². The summed E-state index contributed by atoms with van der Waals surface area (Å²) in [5, 5.41) is 1.41. The second-order valence-corrected chi connectivity index (χ2v) is 11.3. The molecule has 2 N–H and O–H groups in total. The lowest BCUT2D eigenvalue weighted by molar-refractivity contribution is 0.186. The Labute approximate surface area is 229 Å². The molecular weight excluding hydrogens is 533 g/mol. The number of methoxy groups -OCH3 is 1. The van der Waals surface area contributed by atoms with Gasteiger partial charge in [-0.25, -0.2) is 4.98 Å². The van der Waals surface area contributed by atoms with Gasteiger partial charge in [-0.05, 0) is 53.5 Å². The first-order valence-corrected chi connectivity index (χ1v) is 13.3. The van der Waals surface area contributed by atoms with Crippen molar-refractivity contribution in [1.29, 1.82) is 0 Å². The van der Waals surface area contributed by atoms with E-state index in [9.17, 15) is 4.79 Å². The molecule has 3 aromatic rings. The number of nitrogens with two attached hydrogens (primary N) is 1. The molecule has 2 aromatic heterocycles. The summed E-state index contributed by atoms with van der Waals surface area (Å²) < 4.78 is 7.05. The first-order chi connectivity index (χ1) is 17.7. The van der Waals surface area contributed by atoms with Crippen molar-refractivity contribution in [3.8, 4) is 5.75 Å². The molecule has 0 radical (unpaired) electrons. The number of hydrogen-bond acceptors (Lipinski definition) is 6. The number of ether oxygens (including phenoxy) is 1. The molecule has 3 aliphatic rings. The van der Waals surface area contributed by atoms with Gasteiger partial charge >= 0.3 is 0 Å². The smallest absolute Gasteiger partial charge is 0.262 e. The van der Waals surface area contributed by atoms with E-state index in [0.29, 0.717) is 49.9 Å². The van der Waals surface area contributed by atoms with Crippen molar-refractivity contribution in [1.82, 2.24) is 14.5 Å². The molecule has 192 valence electrons. The zero-order valence-electron chi connectivity index (χ0n) is 20.5. The summed E-state index contributed by atoms with van der Waals surface area (Å²) in [4.78, 5) is 24.8. The quantitative estimate of drug-likeness (QED) is 0.488. The van der Waals surface area contributed by atoms with Gasteiger partial charge in [-0.1, -0.05) is 40.9 Å². The Hall–Kier alpha value is -2.58. The van der Waals surface area contributed by atoms with E-state index in [1.165, 1.54) is 18.0 Å². The maximum absolute atomic E-state index is 13.6. The number of nitrogens with zero attached hydrogens (tertiary/aromatic N) is 4. The maximum Gasteiger partial charge on any atom is 0.262 e. The van der Waals surface area contributed by atoms with Crippen molar-refractivity contribution in [2.45, 2.75) is 31.7 Å². The highest BCUT2D eigenvalue weighted by molar-refractivity contribution is 6.37. The summed E-state index contributed by atoms with van der Waals surface area (Å²) in [7, 11) is 3.40. The Morgan fingerprint density at radius 3 is 2.46 bits per heavy atom. The molecule has 1 aliphatic heterocycles. The number of anilines is 1. The van der Waals surface area contributed by atoms with Gasteiger partial charge in [-0.15, -0.1) is 0 Å². The molecule has 37 heavy (non-hydrogen) atoms. The third kappa shape index (κ3) is 3.78. The van der Waals surface area contributed by atoms with E-state index >= 15 is 0 Å². The topological polar surface area (TPSA) is 86.3 Å². The van der Waals surface area contributed by atoms with Gasteiger partial charge in [0.1, 0.15) is 5.75 Å². The standard InChI is InChI=1S/C27H26Cl3N5O2/c1-34-25(36)23-15(22-18(29)12-32-13-19(22)30)3-4-20(23)33-26(34)35-7-5-27(6-8-35)11-14-9-21(37-2)17(28)10-16(14)24(27)31/h3,9-10,12-13,24H,4-8,11,31H2,1-2H3/t24-/m1/s1. The zero-order valence-corrected chi connectivity index (χ0v) is 22.8. The Kier molecular flexibility index (Phi) is 6.03. The molecule has 0 amide bonds. The second kappa shape index (κ2) is 9.02. The minimum absolute atomic E-state index is 0.0479. The van der Waals surface area contributed by atoms with Crippen molar-refractivity contribution in [3.63, 3.8) is 0 Å². The summed E-state index contributed by atoms with van der Waals surface area (Å²) in [6.07, 6.45) is 8.25. The van der Waals surface area contributed by atoms with Gasteiger partial charge in [0.2, 0.25) is 5.95 Å². The highest BCUT2D eigenvalue weighted by atomic mass is 35.5. The fourth-order valence-electron chi connectivity index (χ4n) is 6.20. The van der Waals surface area contributed by atoms with E-state index < -0.39 is 0 Å². The molecule has 0 unspecified atom stereocenters. The predicted octanol–water partition coefficient (Wildman–Crippen LogP) is 4.97. The van der Waals surface area contributed by atoms with Gasteiger partial charge in [0.05, 0.1) is 33.4 Å². The molecule has 1 aromatic carbocycles. The Bertz CT molecular complexity index is 1510. The van der Waals surface area contributed by atoms with Gasteiger partial charge < -0.3 is 15.4 Å². The van der Waals surface area contributed by atoms with Gasteiger partial charge in [0, 0.05) is 50.6 Å². The van der Waals surface area contributed by atoms with Crippen LogP contribution in [0, 0.1) is 5.41 Å². The van der Waals surface area contributed by atoms with Crippen LogP contribution in [-0.4, -0.2) is 34.7 Å². The number of rotatable bonds is 3. The molecule has 1 fully saturated rings. The third-order valence-corrected chi connectivity index (χ3v) is 9.10. The van der Waals surface area contributed by atoms with E-state index in [4.69, 9.17) is 50.3 Å². The lowest BCUT2D eigenvalue weighted by Crippen LogP contribution is -2.46. The SMILES string of the molecule is COc1cc2c(cc1Cl)[C@@H](N)C1(CCN(c3nc4c(c(=O)n3C)C(c3c(Cl)cncc3Cl)=CC4)CC1)C2. The average Bonchev–Trinajstić information content (AvgIpc) is 3.41. The monoisotopic (exact) mass is 557 g/mol. The van der Waals surface area contributed by atoms with Gasteiger partial charge in [-0.3, -0.25) is 14.3 Å². The van der Waals surface area contributed by atoms with Crippen LogP contribution in [0.4, 0.5) is 5.95 Å². The predicted molar refractivity (Wildman–Crippen MR) is 147 cm³/mol. The molecule has 10 heteroatoms. The number of allylic oxidation sites excluding steroid dienone is 1. The Balaban J connectivity index is 1.27. The molecule has 3 heterocycles. The molecule has 7 nitrogen and oxygen atoms in total. The molecule has 2 aliphatic carbocycles. The number of benzene rings is 1. The van der Waals surface area contributed by atoms with Crippen LogP contribution in [0.2, 0.25) is 15.1 Å². The molecule has 0 saturated carbocycles. The van der Waals surface area contributed by atoms with Crippen LogP contribution in [0.5, 0.6) is 5.75 Å². The van der Waals surface area contributed by atoms with Crippen LogP contribution in [-0.2, 0) is 19.9 Å². The highest BCUT2D eigenvalue weighted by Crippen LogP contribution is 2.52. The number of aromatic nitrogens is 3. The van der Waals surface area contributed by atoms with Crippen LogP contribution in [0.25, 0.3) is 5.57 Å². The lowest BCUT2D eigenvalue weighted by Gasteiger charge is -2.42. The van der Waals surface area contributed by atoms with Crippen LogP contribution in [0.3, 0.4) is 0 Å². The van der Waals surface area contributed by atoms with Gasteiger partial charge in [-0.2, -0.15) is 0 Å². The number of halogens is 3. The minimum atomic E-state index is -0.111. The fraction of sp³-hybridized carbons (Fsp3) is 0.370. The fourth-order valence-corrected chi connectivity index (χ4v) is 7.02. The Morgan fingerprint density at radius 1 is 1.08 bits per heavy atom. The summed E-state index contributed by atoms with van der Waals surface area (Å²) >= 11 is 19.2. The molecule has 1 atom stereocenters. The molecule has 6 rings (SSSR count). The van der Waals surface area contributed by atoms with Crippen molar-refractivity contribution in [2.24, 2.45) is 18.2 Å². The number of pyridine rings is 1. The molecule has 1 spiro atoms. The minimum Gasteiger partial charge on any atom is -0.495 e.